The van der Waals surface area contributed by atoms with E-state index < -0.39 is 0 Å². The molecule has 2 rings (SSSR count). The molecule has 0 atom stereocenters. The Morgan fingerprint density at radius 2 is 2.18 bits per heavy atom. The fraction of sp³-hybridized carbons (Fsp3) is 0.429. The zero-order valence-electron chi connectivity index (χ0n) is 10.7. The number of hydrogen-bond acceptors (Lipinski definition) is 2. The normalized spacial score (nSPS) is 11.5. The topological polar surface area (TPSA) is 31.1 Å². The Hall–Kier alpha value is -1.32. The number of hydrogen-bond donors (Lipinski definition) is 2. The van der Waals surface area contributed by atoms with Gasteiger partial charge in [0.1, 0.15) is 0 Å². The Balaban J connectivity index is 1.88. The molecule has 0 aliphatic heterocycles. The fourth-order valence-electron chi connectivity index (χ4n) is 1.96. The average molecular weight is 231 g/mol. The summed E-state index contributed by atoms with van der Waals surface area (Å²) in [6.45, 7) is 6.35. The molecule has 3 heteroatoms. The van der Waals surface area contributed by atoms with Crippen LogP contribution in [0.3, 0.4) is 0 Å². The molecule has 0 unspecified atom stereocenters. The lowest BCUT2D eigenvalue weighted by Crippen LogP contribution is -2.28. The second kappa shape index (κ2) is 5.84. The minimum Gasteiger partial charge on any atom is -0.361 e. The molecule has 0 radical (unpaired) electrons. The van der Waals surface area contributed by atoms with E-state index in [9.17, 15) is 0 Å². The molecule has 0 spiro atoms. The summed E-state index contributed by atoms with van der Waals surface area (Å²) in [7, 11) is 2.15. The van der Waals surface area contributed by atoms with Gasteiger partial charge in [-0.15, -0.1) is 0 Å². The SMILES string of the molecule is CCN(C)CCNCc1cccc2[nH]ccc12. The van der Waals surface area contributed by atoms with Crippen molar-refractivity contribution in [2.45, 2.75) is 13.5 Å². The molecule has 2 N–H and O–H groups in total. The number of H-pyrrole nitrogens is 1. The van der Waals surface area contributed by atoms with E-state index in [1.165, 1.54) is 16.5 Å². The molecule has 92 valence electrons. The summed E-state index contributed by atoms with van der Waals surface area (Å²) in [6.07, 6.45) is 2.00. The lowest BCUT2D eigenvalue weighted by atomic mass is 10.1. The van der Waals surface area contributed by atoms with Crippen LogP contribution in [0, 0.1) is 0 Å². The van der Waals surface area contributed by atoms with Gasteiger partial charge in [-0.25, -0.2) is 0 Å². The summed E-state index contributed by atoms with van der Waals surface area (Å²) in [5, 5.41) is 4.82. The van der Waals surface area contributed by atoms with Crippen LogP contribution in [-0.2, 0) is 6.54 Å². The first-order valence-corrected chi connectivity index (χ1v) is 6.25. The van der Waals surface area contributed by atoms with Gasteiger partial charge in [0.05, 0.1) is 0 Å². The van der Waals surface area contributed by atoms with Crippen LogP contribution in [0.25, 0.3) is 10.9 Å². The lowest BCUT2D eigenvalue weighted by molar-refractivity contribution is 0.349. The maximum atomic E-state index is 3.49. The van der Waals surface area contributed by atoms with Crippen molar-refractivity contribution in [2.75, 3.05) is 26.7 Å². The molecule has 0 amide bonds. The van der Waals surface area contributed by atoms with Gasteiger partial charge >= 0.3 is 0 Å². The largest absolute Gasteiger partial charge is 0.361 e. The highest BCUT2D eigenvalue weighted by Gasteiger charge is 2.01. The van der Waals surface area contributed by atoms with Crippen LogP contribution in [0.15, 0.2) is 30.5 Å². The van der Waals surface area contributed by atoms with Crippen molar-refractivity contribution < 1.29 is 0 Å². The maximum Gasteiger partial charge on any atom is 0.0457 e. The monoisotopic (exact) mass is 231 g/mol. The molecule has 1 aromatic heterocycles. The first kappa shape index (κ1) is 12.1. The predicted molar refractivity (Wildman–Crippen MR) is 73.2 cm³/mol. The van der Waals surface area contributed by atoms with E-state index in [-0.39, 0.29) is 0 Å². The minimum absolute atomic E-state index is 0.937. The second-order valence-corrected chi connectivity index (χ2v) is 4.43. The summed E-state index contributed by atoms with van der Waals surface area (Å²) >= 11 is 0. The molecule has 0 saturated heterocycles. The van der Waals surface area contributed by atoms with Gasteiger partial charge in [-0.2, -0.15) is 0 Å². The zero-order chi connectivity index (χ0) is 12.1. The van der Waals surface area contributed by atoms with Gasteiger partial charge in [-0.1, -0.05) is 19.1 Å². The predicted octanol–water partition coefficient (Wildman–Crippen LogP) is 2.21. The number of benzene rings is 1. The van der Waals surface area contributed by atoms with Gasteiger partial charge in [0.25, 0.3) is 0 Å². The highest BCUT2D eigenvalue weighted by Crippen LogP contribution is 2.16. The Morgan fingerprint density at radius 1 is 1.29 bits per heavy atom. The molecule has 0 saturated carbocycles. The Kier molecular flexibility index (Phi) is 4.18. The summed E-state index contributed by atoms with van der Waals surface area (Å²) in [5.41, 5.74) is 2.58. The number of aromatic nitrogens is 1. The fourth-order valence-corrected chi connectivity index (χ4v) is 1.96. The molecular formula is C14H21N3. The van der Waals surface area contributed by atoms with Crippen LogP contribution in [0.1, 0.15) is 12.5 Å². The Bertz CT molecular complexity index is 461. The van der Waals surface area contributed by atoms with Gasteiger partial charge in [0.15, 0.2) is 0 Å². The third-order valence-electron chi connectivity index (χ3n) is 3.21. The molecule has 0 bridgehead atoms. The molecule has 3 nitrogen and oxygen atoms in total. The van der Waals surface area contributed by atoms with Crippen LogP contribution in [-0.4, -0.2) is 36.6 Å². The van der Waals surface area contributed by atoms with Gasteiger partial charge in [-0.05, 0) is 31.3 Å². The highest BCUT2D eigenvalue weighted by atomic mass is 15.1. The third kappa shape index (κ3) is 3.08. The van der Waals surface area contributed by atoms with Crippen LogP contribution in [0.5, 0.6) is 0 Å². The standard InChI is InChI=1S/C14H21N3/c1-3-17(2)10-9-15-11-12-5-4-6-14-13(12)7-8-16-14/h4-8,15-16H,3,9-11H2,1-2H3. The van der Waals surface area contributed by atoms with E-state index in [0.717, 1.165) is 26.2 Å². The Labute approximate surface area is 103 Å². The smallest absolute Gasteiger partial charge is 0.0457 e. The summed E-state index contributed by atoms with van der Waals surface area (Å²) in [6, 6.07) is 8.55. The molecule has 0 aliphatic carbocycles. The van der Waals surface area contributed by atoms with Crippen molar-refractivity contribution in [3.8, 4) is 0 Å². The number of rotatable bonds is 6. The molecule has 0 aliphatic rings. The number of aromatic amines is 1. The zero-order valence-corrected chi connectivity index (χ0v) is 10.7. The van der Waals surface area contributed by atoms with Gasteiger partial charge in [-0.3, -0.25) is 0 Å². The van der Waals surface area contributed by atoms with E-state index >= 15 is 0 Å². The quantitative estimate of drug-likeness (QED) is 0.747. The first-order chi connectivity index (χ1) is 8.31. The van der Waals surface area contributed by atoms with Crippen molar-refractivity contribution in [1.82, 2.24) is 15.2 Å². The lowest BCUT2D eigenvalue weighted by Gasteiger charge is -2.14. The van der Waals surface area contributed by atoms with Crippen LogP contribution >= 0.6 is 0 Å². The molecular weight excluding hydrogens is 210 g/mol. The van der Waals surface area contributed by atoms with Gasteiger partial charge in [0, 0.05) is 36.7 Å². The molecule has 0 fully saturated rings. The first-order valence-electron chi connectivity index (χ1n) is 6.25. The van der Waals surface area contributed by atoms with Crippen molar-refractivity contribution in [2.24, 2.45) is 0 Å². The van der Waals surface area contributed by atoms with Crippen LogP contribution < -0.4 is 5.32 Å². The van der Waals surface area contributed by atoms with Crippen molar-refractivity contribution >= 4 is 10.9 Å². The molecule has 1 aromatic carbocycles. The van der Waals surface area contributed by atoms with E-state index in [1.807, 2.05) is 6.20 Å². The van der Waals surface area contributed by atoms with Crippen molar-refractivity contribution in [1.29, 1.82) is 0 Å². The summed E-state index contributed by atoms with van der Waals surface area (Å²) in [4.78, 5) is 5.55. The maximum absolute atomic E-state index is 3.49. The minimum atomic E-state index is 0.937. The highest BCUT2D eigenvalue weighted by molar-refractivity contribution is 5.82. The van der Waals surface area contributed by atoms with Gasteiger partial charge < -0.3 is 15.2 Å². The molecule has 1 heterocycles. The van der Waals surface area contributed by atoms with E-state index in [0.29, 0.717) is 0 Å². The van der Waals surface area contributed by atoms with E-state index in [1.54, 1.807) is 0 Å². The van der Waals surface area contributed by atoms with Crippen LogP contribution in [0.2, 0.25) is 0 Å². The third-order valence-corrected chi connectivity index (χ3v) is 3.21. The van der Waals surface area contributed by atoms with Crippen molar-refractivity contribution in [3.05, 3.63) is 36.0 Å². The van der Waals surface area contributed by atoms with Crippen LogP contribution in [0.4, 0.5) is 0 Å². The molecule has 17 heavy (non-hydrogen) atoms. The number of fused-ring (bicyclic) bond motifs is 1. The number of likely N-dealkylation sites (N-methyl/N-ethyl adjacent to an activating group) is 1. The van der Waals surface area contributed by atoms with E-state index in [4.69, 9.17) is 0 Å². The summed E-state index contributed by atoms with van der Waals surface area (Å²) in [5.74, 6) is 0. The van der Waals surface area contributed by atoms with E-state index in [2.05, 4.69) is 53.4 Å². The summed E-state index contributed by atoms with van der Waals surface area (Å²) < 4.78 is 0. The Morgan fingerprint density at radius 3 is 3.00 bits per heavy atom. The molecule has 2 aromatic rings. The second-order valence-electron chi connectivity index (χ2n) is 4.43. The number of nitrogens with one attached hydrogen (secondary N) is 2. The van der Waals surface area contributed by atoms with Gasteiger partial charge in [0.2, 0.25) is 0 Å². The van der Waals surface area contributed by atoms with Crippen molar-refractivity contribution in [3.63, 3.8) is 0 Å². The average Bonchev–Trinajstić information content (AvgIpc) is 2.83. The number of nitrogens with zero attached hydrogens (tertiary/aromatic N) is 1.